The number of nitrogens with zero attached hydrogens (tertiary/aromatic N) is 3. The number of amides is 1. The molecule has 3 aromatic rings. The Morgan fingerprint density at radius 2 is 2.26 bits per heavy atom. The van der Waals surface area contributed by atoms with Crippen molar-refractivity contribution in [2.75, 3.05) is 29.0 Å². The molecule has 3 aromatic heterocycles. The SMILES string of the molecule is Nc1oc2cc(Br)cnc2c1C(=O)Nc1cnccc1N1CCC[C@H](N)C1. The Labute approximate surface area is 164 Å². The summed E-state index contributed by atoms with van der Waals surface area (Å²) in [5, 5.41) is 2.90. The van der Waals surface area contributed by atoms with Gasteiger partial charge in [0.2, 0.25) is 5.88 Å². The van der Waals surface area contributed by atoms with Gasteiger partial charge < -0.3 is 26.1 Å². The van der Waals surface area contributed by atoms with E-state index in [9.17, 15) is 4.79 Å². The average Bonchev–Trinajstić information content (AvgIpc) is 2.97. The van der Waals surface area contributed by atoms with E-state index in [4.69, 9.17) is 15.9 Å². The molecule has 1 aliphatic rings. The van der Waals surface area contributed by atoms with Gasteiger partial charge in [-0.05, 0) is 40.9 Å². The molecule has 4 rings (SSSR count). The van der Waals surface area contributed by atoms with E-state index >= 15 is 0 Å². The summed E-state index contributed by atoms with van der Waals surface area (Å²) in [5.74, 6) is -0.366. The van der Waals surface area contributed by atoms with E-state index in [0.29, 0.717) is 16.8 Å². The summed E-state index contributed by atoms with van der Waals surface area (Å²) in [6.45, 7) is 1.62. The molecule has 0 spiro atoms. The summed E-state index contributed by atoms with van der Waals surface area (Å²) in [6, 6.07) is 3.71. The Balaban J connectivity index is 1.65. The van der Waals surface area contributed by atoms with Crippen LogP contribution in [-0.2, 0) is 0 Å². The summed E-state index contributed by atoms with van der Waals surface area (Å²) in [7, 11) is 0. The van der Waals surface area contributed by atoms with Gasteiger partial charge in [-0.1, -0.05) is 0 Å². The number of nitrogen functional groups attached to an aromatic ring is 1. The van der Waals surface area contributed by atoms with Crippen molar-refractivity contribution in [2.45, 2.75) is 18.9 Å². The van der Waals surface area contributed by atoms with Crippen molar-refractivity contribution in [1.82, 2.24) is 9.97 Å². The number of rotatable bonds is 3. The first-order chi connectivity index (χ1) is 13.0. The van der Waals surface area contributed by atoms with Crippen LogP contribution < -0.4 is 21.7 Å². The third-order valence-corrected chi connectivity index (χ3v) is 5.03. The van der Waals surface area contributed by atoms with Crippen molar-refractivity contribution in [2.24, 2.45) is 5.73 Å². The zero-order valence-electron chi connectivity index (χ0n) is 14.5. The molecule has 0 aromatic carbocycles. The van der Waals surface area contributed by atoms with Gasteiger partial charge >= 0.3 is 0 Å². The minimum atomic E-state index is -0.392. The molecule has 1 aliphatic heterocycles. The van der Waals surface area contributed by atoms with Gasteiger partial charge in [-0.15, -0.1) is 0 Å². The van der Waals surface area contributed by atoms with E-state index in [1.54, 1.807) is 24.7 Å². The van der Waals surface area contributed by atoms with Crippen molar-refractivity contribution >= 4 is 50.2 Å². The molecular weight excluding hydrogens is 412 g/mol. The van der Waals surface area contributed by atoms with Crippen LogP contribution in [0.2, 0.25) is 0 Å². The van der Waals surface area contributed by atoms with Gasteiger partial charge in [-0.3, -0.25) is 14.8 Å². The van der Waals surface area contributed by atoms with Crippen LogP contribution in [0.1, 0.15) is 23.2 Å². The maximum absolute atomic E-state index is 12.9. The summed E-state index contributed by atoms with van der Waals surface area (Å²) >= 11 is 3.33. The quantitative estimate of drug-likeness (QED) is 0.583. The first kappa shape index (κ1) is 17.7. The number of anilines is 3. The molecule has 0 saturated carbocycles. The largest absolute Gasteiger partial charge is 0.438 e. The van der Waals surface area contributed by atoms with Crippen molar-refractivity contribution in [1.29, 1.82) is 0 Å². The highest BCUT2D eigenvalue weighted by Crippen LogP contribution is 2.31. The first-order valence-corrected chi connectivity index (χ1v) is 9.41. The van der Waals surface area contributed by atoms with Gasteiger partial charge in [0.1, 0.15) is 11.1 Å². The fraction of sp³-hybridized carbons (Fsp3) is 0.278. The number of hydrogen-bond acceptors (Lipinski definition) is 7. The number of hydrogen-bond donors (Lipinski definition) is 3. The summed E-state index contributed by atoms with van der Waals surface area (Å²) in [4.78, 5) is 23.5. The number of carbonyl (C=O) groups excluding carboxylic acids is 1. The van der Waals surface area contributed by atoms with E-state index in [2.05, 4.69) is 36.1 Å². The summed E-state index contributed by atoms with van der Waals surface area (Å²) in [6.07, 6.45) is 6.93. The molecule has 0 unspecified atom stereocenters. The lowest BCUT2D eigenvalue weighted by Gasteiger charge is -2.33. The predicted molar refractivity (Wildman–Crippen MR) is 108 cm³/mol. The zero-order chi connectivity index (χ0) is 19.0. The fourth-order valence-corrected chi connectivity index (χ4v) is 3.67. The van der Waals surface area contributed by atoms with Gasteiger partial charge in [0.25, 0.3) is 5.91 Å². The molecule has 4 heterocycles. The topological polar surface area (TPSA) is 123 Å². The number of nitrogens with one attached hydrogen (secondary N) is 1. The molecule has 140 valence electrons. The normalized spacial score (nSPS) is 17.3. The van der Waals surface area contributed by atoms with Crippen molar-refractivity contribution in [3.63, 3.8) is 0 Å². The van der Waals surface area contributed by atoms with Crippen molar-refractivity contribution in [3.05, 3.63) is 40.8 Å². The van der Waals surface area contributed by atoms with Crippen LogP contribution in [-0.4, -0.2) is 35.0 Å². The highest BCUT2D eigenvalue weighted by molar-refractivity contribution is 9.10. The van der Waals surface area contributed by atoms with Crippen LogP contribution in [0.4, 0.5) is 17.3 Å². The lowest BCUT2D eigenvalue weighted by atomic mass is 10.1. The molecule has 0 radical (unpaired) electrons. The predicted octanol–water partition coefficient (Wildman–Crippen LogP) is 2.75. The van der Waals surface area contributed by atoms with Gasteiger partial charge in [-0.25, -0.2) is 0 Å². The third-order valence-electron chi connectivity index (χ3n) is 4.59. The van der Waals surface area contributed by atoms with E-state index in [-0.39, 0.29) is 17.5 Å². The Kier molecular flexibility index (Phi) is 4.71. The molecule has 0 aliphatic carbocycles. The minimum Gasteiger partial charge on any atom is -0.438 e. The van der Waals surface area contributed by atoms with E-state index in [0.717, 1.165) is 36.1 Å². The molecule has 1 fully saturated rings. The molecule has 27 heavy (non-hydrogen) atoms. The standard InChI is InChI=1S/C18H19BrN6O2/c19-10-6-14-16(23-7-10)15(17(21)27-14)18(26)24-12-8-22-4-3-13(12)25-5-1-2-11(20)9-25/h3-4,6-8,11H,1-2,5,9,20-21H2,(H,24,26)/t11-/m0/s1. The molecule has 1 amide bonds. The average molecular weight is 431 g/mol. The second-order valence-corrected chi connectivity index (χ2v) is 7.45. The van der Waals surface area contributed by atoms with E-state index < -0.39 is 5.91 Å². The van der Waals surface area contributed by atoms with Gasteiger partial charge in [0, 0.05) is 36.0 Å². The number of halogens is 1. The minimum absolute atomic E-state index is 0.0264. The lowest BCUT2D eigenvalue weighted by molar-refractivity contribution is 0.102. The number of piperidine rings is 1. The molecule has 8 nitrogen and oxygen atoms in total. The molecule has 1 atom stereocenters. The Hall–Kier alpha value is -2.65. The van der Waals surface area contributed by atoms with E-state index in [1.165, 1.54) is 0 Å². The second-order valence-electron chi connectivity index (χ2n) is 6.54. The van der Waals surface area contributed by atoms with Gasteiger partial charge in [0.15, 0.2) is 5.58 Å². The van der Waals surface area contributed by atoms with Crippen LogP contribution in [0.25, 0.3) is 11.1 Å². The van der Waals surface area contributed by atoms with Crippen LogP contribution in [0.5, 0.6) is 0 Å². The lowest BCUT2D eigenvalue weighted by Crippen LogP contribution is -2.43. The third kappa shape index (κ3) is 3.47. The highest BCUT2D eigenvalue weighted by atomic mass is 79.9. The summed E-state index contributed by atoms with van der Waals surface area (Å²) in [5.41, 5.74) is 14.6. The Morgan fingerprint density at radius 1 is 1.41 bits per heavy atom. The molecular formula is C18H19BrN6O2. The monoisotopic (exact) mass is 430 g/mol. The Morgan fingerprint density at radius 3 is 3.07 bits per heavy atom. The second kappa shape index (κ2) is 7.16. The van der Waals surface area contributed by atoms with Crippen LogP contribution in [0.3, 0.4) is 0 Å². The fourth-order valence-electron chi connectivity index (χ4n) is 3.36. The maximum Gasteiger partial charge on any atom is 0.263 e. The smallest absolute Gasteiger partial charge is 0.263 e. The Bertz CT molecular complexity index is 1000. The van der Waals surface area contributed by atoms with Crippen LogP contribution in [0.15, 0.2) is 39.6 Å². The molecule has 5 N–H and O–H groups in total. The van der Waals surface area contributed by atoms with Gasteiger partial charge in [0.05, 0.1) is 17.6 Å². The molecule has 0 bridgehead atoms. The molecule has 1 saturated heterocycles. The summed E-state index contributed by atoms with van der Waals surface area (Å²) < 4.78 is 6.22. The zero-order valence-corrected chi connectivity index (χ0v) is 16.1. The van der Waals surface area contributed by atoms with Crippen molar-refractivity contribution in [3.8, 4) is 0 Å². The van der Waals surface area contributed by atoms with Crippen LogP contribution >= 0.6 is 15.9 Å². The van der Waals surface area contributed by atoms with Gasteiger partial charge in [-0.2, -0.15) is 0 Å². The van der Waals surface area contributed by atoms with Crippen LogP contribution in [0, 0.1) is 0 Å². The number of carbonyl (C=O) groups is 1. The number of aromatic nitrogens is 2. The number of nitrogens with two attached hydrogens (primary N) is 2. The van der Waals surface area contributed by atoms with Crippen molar-refractivity contribution < 1.29 is 9.21 Å². The number of fused-ring (bicyclic) bond motifs is 1. The number of furan rings is 1. The highest BCUT2D eigenvalue weighted by Gasteiger charge is 2.24. The van der Waals surface area contributed by atoms with E-state index in [1.807, 2.05) is 6.07 Å². The first-order valence-electron chi connectivity index (χ1n) is 8.62. The number of pyridine rings is 2. The maximum atomic E-state index is 12.9. The molecule has 9 heteroatoms.